The highest BCUT2D eigenvalue weighted by Gasteiger charge is 2.13. The summed E-state index contributed by atoms with van der Waals surface area (Å²) < 4.78 is 32.1. The van der Waals surface area contributed by atoms with Gasteiger partial charge in [0.05, 0.1) is 12.0 Å². The predicted octanol–water partition coefficient (Wildman–Crippen LogP) is 2.79. The van der Waals surface area contributed by atoms with Crippen LogP contribution < -0.4 is 9.46 Å². The first kappa shape index (κ1) is 15.5. The van der Waals surface area contributed by atoms with Crippen molar-refractivity contribution >= 4 is 10.0 Å². The summed E-state index contributed by atoms with van der Waals surface area (Å²) in [4.78, 5) is 0.229. The molecule has 21 heavy (non-hydrogen) atoms. The van der Waals surface area contributed by atoms with Gasteiger partial charge in [0.2, 0.25) is 10.0 Å². The van der Waals surface area contributed by atoms with Crippen molar-refractivity contribution in [3.05, 3.63) is 59.2 Å². The third-order valence-electron chi connectivity index (χ3n) is 3.12. The van der Waals surface area contributed by atoms with Crippen molar-refractivity contribution < 1.29 is 13.2 Å². The number of sulfonamides is 1. The molecule has 5 heteroatoms. The molecule has 0 fully saturated rings. The zero-order valence-electron chi connectivity index (χ0n) is 12.4. The summed E-state index contributed by atoms with van der Waals surface area (Å²) in [6.45, 7) is 4.26. The van der Waals surface area contributed by atoms with Crippen LogP contribution in [-0.4, -0.2) is 15.5 Å². The smallest absolute Gasteiger partial charge is 0.240 e. The lowest BCUT2D eigenvalue weighted by atomic mass is 10.1. The lowest BCUT2D eigenvalue weighted by molar-refractivity contribution is 0.414. The van der Waals surface area contributed by atoms with E-state index in [1.54, 1.807) is 19.2 Å². The summed E-state index contributed by atoms with van der Waals surface area (Å²) in [5, 5.41) is 0. The second kappa shape index (κ2) is 6.28. The van der Waals surface area contributed by atoms with Crippen molar-refractivity contribution in [1.29, 1.82) is 0 Å². The Kier molecular flexibility index (Phi) is 4.65. The van der Waals surface area contributed by atoms with Gasteiger partial charge in [0.25, 0.3) is 0 Å². The van der Waals surface area contributed by atoms with Crippen LogP contribution >= 0.6 is 0 Å². The number of aryl methyl sites for hydroxylation is 2. The SMILES string of the molecule is COc1ccc(S(=O)(=O)NCc2cc(C)cc(C)c2)cc1. The number of methoxy groups -OCH3 is 1. The quantitative estimate of drug-likeness (QED) is 0.924. The highest BCUT2D eigenvalue weighted by molar-refractivity contribution is 7.89. The van der Waals surface area contributed by atoms with Crippen LogP contribution in [0.5, 0.6) is 5.75 Å². The first-order valence-electron chi connectivity index (χ1n) is 6.61. The second-order valence-corrected chi connectivity index (χ2v) is 6.76. The minimum Gasteiger partial charge on any atom is -0.497 e. The Labute approximate surface area is 125 Å². The van der Waals surface area contributed by atoms with E-state index in [1.165, 1.54) is 12.1 Å². The molecule has 0 aromatic heterocycles. The summed E-state index contributed by atoms with van der Waals surface area (Å²) in [6.07, 6.45) is 0. The van der Waals surface area contributed by atoms with Crippen LogP contribution in [0.1, 0.15) is 16.7 Å². The van der Waals surface area contributed by atoms with Gasteiger partial charge in [-0.15, -0.1) is 0 Å². The van der Waals surface area contributed by atoms with Crippen LogP contribution in [0.15, 0.2) is 47.4 Å². The average Bonchev–Trinajstić information content (AvgIpc) is 2.44. The van der Waals surface area contributed by atoms with Gasteiger partial charge in [-0.2, -0.15) is 0 Å². The third-order valence-corrected chi connectivity index (χ3v) is 4.53. The Morgan fingerprint density at radius 3 is 2.10 bits per heavy atom. The Bertz CT molecular complexity index is 701. The highest BCUT2D eigenvalue weighted by Crippen LogP contribution is 2.16. The molecule has 0 unspecified atom stereocenters. The van der Waals surface area contributed by atoms with Gasteiger partial charge in [-0.25, -0.2) is 13.1 Å². The molecule has 0 saturated carbocycles. The van der Waals surface area contributed by atoms with E-state index in [9.17, 15) is 8.42 Å². The van der Waals surface area contributed by atoms with Gasteiger partial charge in [0.1, 0.15) is 5.75 Å². The molecule has 0 radical (unpaired) electrons. The van der Waals surface area contributed by atoms with E-state index in [-0.39, 0.29) is 11.4 Å². The third kappa shape index (κ3) is 4.06. The maximum Gasteiger partial charge on any atom is 0.240 e. The van der Waals surface area contributed by atoms with Gasteiger partial charge in [-0.05, 0) is 43.7 Å². The van der Waals surface area contributed by atoms with E-state index in [4.69, 9.17) is 4.74 Å². The number of hydrogen-bond donors (Lipinski definition) is 1. The van der Waals surface area contributed by atoms with Crippen LogP contribution in [0.3, 0.4) is 0 Å². The Morgan fingerprint density at radius 2 is 1.57 bits per heavy atom. The summed E-state index contributed by atoms with van der Waals surface area (Å²) in [5.41, 5.74) is 3.19. The zero-order valence-corrected chi connectivity index (χ0v) is 13.2. The number of ether oxygens (including phenoxy) is 1. The molecule has 112 valence electrons. The zero-order chi connectivity index (χ0) is 15.5. The molecule has 2 aromatic carbocycles. The molecule has 2 aromatic rings. The number of rotatable bonds is 5. The number of hydrogen-bond acceptors (Lipinski definition) is 3. The fourth-order valence-electron chi connectivity index (χ4n) is 2.19. The molecule has 0 aliphatic carbocycles. The lowest BCUT2D eigenvalue weighted by Crippen LogP contribution is -2.23. The topological polar surface area (TPSA) is 55.4 Å². The van der Waals surface area contributed by atoms with Gasteiger partial charge in [-0.3, -0.25) is 0 Å². The number of benzene rings is 2. The van der Waals surface area contributed by atoms with Gasteiger partial charge >= 0.3 is 0 Å². The molecule has 0 bridgehead atoms. The predicted molar refractivity (Wildman–Crippen MR) is 82.9 cm³/mol. The summed E-state index contributed by atoms with van der Waals surface area (Å²) >= 11 is 0. The van der Waals surface area contributed by atoms with Gasteiger partial charge in [0.15, 0.2) is 0 Å². The van der Waals surface area contributed by atoms with E-state index in [0.29, 0.717) is 5.75 Å². The largest absolute Gasteiger partial charge is 0.497 e. The van der Waals surface area contributed by atoms with E-state index < -0.39 is 10.0 Å². The van der Waals surface area contributed by atoms with Crippen LogP contribution in [-0.2, 0) is 16.6 Å². The molecule has 0 aliphatic heterocycles. The molecule has 0 heterocycles. The molecular weight excluding hydrogens is 286 g/mol. The lowest BCUT2D eigenvalue weighted by Gasteiger charge is -2.09. The van der Waals surface area contributed by atoms with Crippen LogP contribution in [0.25, 0.3) is 0 Å². The maximum atomic E-state index is 12.2. The molecule has 4 nitrogen and oxygen atoms in total. The van der Waals surface area contributed by atoms with E-state index in [2.05, 4.69) is 10.8 Å². The van der Waals surface area contributed by atoms with Crippen LogP contribution in [0, 0.1) is 13.8 Å². The van der Waals surface area contributed by atoms with Crippen LogP contribution in [0.2, 0.25) is 0 Å². The Morgan fingerprint density at radius 1 is 1.00 bits per heavy atom. The first-order valence-corrected chi connectivity index (χ1v) is 8.10. The minimum absolute atomic E-state index is 0.229. The molecule has 0 amide bonds. The Hall–Kier alpha value is -1.85. The highest BCUT2D eigenvalue weighted by atomic mass is 32.2. The van der Waals surface area contributed by atoms with E-state index >= 15 is 0 Å². The van der Waals surface area contributed by atoms with Crippen molar-refractivity contribution in [2.75, 3.05) is 7.11 Å². The standard InChI is InChI=1S/C16H19NO3S/c1-12-8-13(2)10-14(9-12)11-17-21(18,19)16-6-4-15(20-3)5-7-16/h4-10,17H,11H2,1-3H3. The van der Waals surface area contributed by atoms with Crippen LogP contribution in [0.4, 0.5) is 0 Å². The first-order chi connectivity index (χ1) is 9.90. The molecule has 0 saturated heterocycles. The summed E-state index contributed by atoms with van der Waals surface area (Å²) in [6, 6.07) is 12.3. The molecule has 1 N–H and O–H groups in total. The molecule has 2 rings (SSSR count). The van der Waals surface area contributed by atoms with E-state index in [1.807, 2.05) is 26.0 Å². The normalized spacial score (nSPS) is 11.4. The number of nitrogens with one attached hydrogen (secondary N) is 1. The fourth-order valence-corrected chi connectivity index (χ4v) is 3.21. The Balaban J connectivity index is 2.13. The monoisotopic (exact) mass is 305 g/mol. The maximum absolute atomic E-state index is 12.2. The molecule has 0 spiro atoms. The minimum atomic E-state index is -3.51. The molecule has 0 atom stereocenters. The average molecular weight is 305 g/mol. The van der Waals surface area contributed by atoms with Crippen molar-refractivity contribution in [3.8, 4) is 5.75 Å². The van der Waals surface area contributed by atoms with E-state index in [0.717, 1.165) is 16.7 Å². The second-order valence-electron chi connectivity index (χ2n) is 5.00. The summed E-state index contributed by atoms with van der Waals surface area (Å²) in [7, 11) is -1.97. The van der Waals surface area contributed by atoms with Crippen molar-refractivity contribution in [2.24, 2.45) is 0 Å². The van der Waals surface area contributed by atoms with Gasteiger partial charge < -0.3 is 4.74 Å². The van der Waals surface area contributed by atoms with Gasteiger partial charge in [-0.1, -0.05) is 29.3 Å². The van der Waals surface area contributed by atoms with Crippen molar-refractivity contribution in [1.82, 2.24) is 4.72 Å². The molecular formula is C16H19NO3S. The summed E-state index contributed by atoms with van der Waals surface area (Å²) in [5.74, 6) is 0.628. The molecule has 0 aliphatic rings. The fraction of sp³-hybridized carbons (Fsp3) is 0.250. The van der Waals surface area contributed by atoms with Gasteiger partial charge in [0, 0.05) is 6.54 Å². The van der Waals surface area contributed by atoms with Crippen molar-refractivity contribution in [2.45, 2.75) is 25.3 Å². The van der Waals surface area contributed by atoms with Crippen molar-refractivity contribution in [3.63, 3.8) is 0 Å².